The molecule has 1 rings (SSSR count). The summed E-state index contributed by atoms with van der Waals surface area (Å²) >= 11 is 0. The van der Waals surface area contributed by atoms with Crippen molar-refractivity contribution in [2.45, 2.75) is 26.4 Å². The van der Waals surface area contributed by atoms with Crippen molar-refractivity contribution in [3.63, 3.8) is 0 Å². The van der Waals surface area contributed by atoms with E-state index in [4.69, 9.17) is 9.47 Å². The molecule has 0 bridgehead atoms. The average molecular weight is 187 g/mol. The van der Waals surface area contributed by atoms with E-state index in [0.717, 1.165) is 19.5 Å². The normalized spacial score (nSPS) is 21.9. The van der Waals surface area contributed by atoms with Crippen LogP contribution in [0.3, 0.4) is 0 Å². The first-order chi connectivity index (χ1) is 6.18. The molecule has 1 aliphatic heterocycles. The molecule has 1 unspecified atom stereocenters. The lowest BCUT2D eigenvalue weighted by atomic mass is 10.2. The van der Waals surface area contributed by atoms with Crippen LogP contribution in [0, 0.1) is 5.92 Å². The molecule has 13 heavy (non-hydrogen) atoms. The number of hydrogen-bond donors (Lipinski definition) is 1. The molecule has 1 atom stereocenters. The van der Waals surface area contributed by atoms with Gasteiger partial charge in [0.2, 0.25) is 0 Å². The number of carbonyl (C=O) groups excluding carboxylic acids is 1. The summed E-state index contributed by atoms with van der Waals surface area (Å²) in [4.78, 5) is 11.0. The SMILES string of the molecule is CC(C)COC(=O)OC1CCNC1. The first kappa shape index (κ1) is 10.3. The molecule has 0 aromatic heterocycles. The van der Waals surface area contributed by atoms with Gasteiger partial charge in [-0.05, 0) is 18.9 Å². The Hall–Kier alpha value is -0.770. The zero-order valence-corrected chi connectivity index (χ0v) is 8.21. The van der Waals surface area contributed by atoms with Crippen LogP contribution < -0.4 is 5.32 Å². The second-order valence-corrected chi connectivity index (χ2v) is 3.69. The molecule has 0 radical (unpaired) electrons. The van der Waals surface area contributed by atoms with Gasteiger partial charge in [0, 0.05) is 6.54 Å². The molecular weight excluding hydrogens is 170 g/mol. The van der Waals surface area contributed by atoms with E-state index in [1.54, 1.807) is 0 Å². The summed E-state index contributed by atoms with van der Waals surface area (Å²) in [6.45, 7) is 6.08. The van der Waals surface area contributed by atoms with Crippen LogP contribution in [0.25, 0.3) is 0 Å². The van der Waals surface area contributed by atoms with Gasteiger partial charge in [-0.1, -0.05) is 13.8 Å². The van der Waals surface area contributed by atoms with E-state index in [0.29, 0.717) is 12.5 Å². The lowest BCUT2D eigenvalue weighted by Gasteiger charge is -2.11. The van der Waals surface area contributed by atoms with Gasteiger partial charge in [-0.25, -0.2) is 4.79 Å². The van der Waals surface area contributed by atoms with E-state index in [1.807, 2.05) is 13.8 Å². The Balaban J connectivity index is 2.09. The third-order valence-electron chi connectivity index (χ3n) is 1.81. The maximum atomic E-state index is 11.0. The van der Waals surface area contributed by atoms with Crippen molar-refractivity contribution >= 4 is 6.16 Å². The summed E-state index contributed by atoms with van der Waals surface area (Å²) in [5, 5.41) is 3.11. The van der Waals surface area contributed by atoms with Crippen LogP contribution in [0.1, 0.15) is 20.3 Å². The summed E-state index contributed by atoms with van der Waals surface area (Å²) in [7, 11) is 0. The molecule has 1 N–H and O–H groups in total. The predicted molar refractivity (Wildman–Crippen MR) is 48.5 cm³/mol. The van der Waals surface area contributed by atoms with Crippen LogP contribution in [-0.4, -0.2) is 32.0 Å². The van der Waals surface area contributed by atoms with Crippen molar-refractivity contribution in [3.05, 3.63) is 0 Å². The van der Waals surface area contributed by atoms with Gasteiger partial charge in [0.15, 0.2) is 0 Å². The molecule has 0 saturated carbocycles. The summed E-state index contributed by atoms with van der Waals surface area (Å²) in [6.07, 6.45) is 0.346. The van der Waals surface area contributed by atoms with Gasteiger partial charge in [-0.3, -0.25) is 0 Å². The Labute approximate surface area is 78.6 Å². The Morgan fingerprint density at radius 3 is 2.92 bits per heavy atom. The average Bonchev–Trinajstić information content (AvgIpc) is 2.53. The Bertz CT molecular complexity index is 164. The molecule has 1 fully saturated rings. The molecule has 0 amide bonds. The van der Waals surface area contributed by atoms with Crippen molar-refractivity contribution in [2.24, 2.45) is 5.92 Å². The minimum atomic E-state index is -0.539. The molecule has 0 spiro atoms. The topological polar surface area (TPSA) is 47.6 Å². The number of ether oxygens (including phenoxy) is 2. The smallest absolute Gasteiger partial charge is 0.434 e. The first-order valence-corrected chi connectivity index (χ1v) is 4.72. The fourth-order valence-electron chi connectivity index (χ4n) is 1.13. The quantitative estimate of drug-likeness (QED) is 0.673. The molecule has 1 saturated heterocycles. The lowest BCUT2D eigenvalue weighted by molar-refractivity contribution is 0.0235. The number of hydrogen-bond acceptors (Lipinski definition) is 4. The molecular formula is C9H17NO3. The van der Waals surface area contributed by atoms with Crippen LogP contribution in [0.4, 0.5) is 4.79 Å². The van der Waals surface area contributed by atoms with E-state index in [9.17, 15) is 4.79 Å². The Morgan fingerprint density at radius 2 is 2.38 bits per heavy atom. The monoisotopic (exact) mass is 187 g/mol. The Morgan fingerprint density at radius 1 is 1.62 bits per heavy atom. The van der Waals surface area contributed by atoms with Gasteiger partial charge in [0.1, 0.15) is 6.10 Å². The highest BCUT2D eigenvalue weighted by Crippen LogP contribution is 2.05. The maximum absolute atomic E-state index is 11.0. The fraction of sp³-hybridized carbons (Fsp3) is 0.889. The largest absolute Gasteiger partial charge is 0.508 e. The summed E-state index contributed by atoms with van der Waals surface area (Å²) in [5.41, 5.74) is 0. The van der Waals surface area contributed by atoms with Crippen LogP contribution >= 0.6 is 0 Å². The first-order valence-electron chi connectivity index (χ1n) is 4.72. The zero-order chi connectivity index (χ0) is 9.68. The highest BCUT2D eigenvalue weighted by Gasteiger charge is 2.19. The summed E-state index contributed by atoms with van der Waals surface area (Å²) < 4.78 is 9.91. The molecule has 1 heterocycles. The predicted octanol–water partition coefficient (Wildman–Crippen LogP) is 1.16. The molecule has 76 valence electrons. The van der Waals surface area contributed by atoms with Gasteiger partial charge in [0.25, 0.3) is 0 Å². The van der Waals surface area contributed by atoms with E-state index in [-0.39, 0.29) is 6.10 Å². The summed E-state index contributed by atoms with van der Waals surface area (Å²) in [5.74, 6) is 0.356. The number of nitrogens with one attached hydrogen (secondary N) is 1. The van der Waals surface area contributed by atoms with Gasteiger partial charge in [-0.2, -0.15) is 0 Å². The minimum absolute atomic E-state index is 0.000313. The van der Waals surface area contributed by atoms with Crippen molar-refractivity contribution in [1.29, 1.82) is 0 Å². The molecule has 0 aliphatic carbocycles. The standard InChI is InChI=1S/C9H17NO3/c1-7(2)6-12-9(11)13-8-3-4-10-5-8/h7-8,10H,3-6H2,1-2H3. The lowest BCUT2D eigenvalue weighted by Crippen LogP contribution is -2.22. The van der Waals surface area contributed by atoms with E-state index < -0.39 is 6.16 Å². The number of rotatable bonds is 3. The molecule has 4 heteroatoms. The van der Waals surface area contributed by atoms with E-state index in [1.165, 1.54) is 0 Å². The third-order valence-corrected chi connectivity index (χ3v) is 1.81. The fourth-order valence-corrected chi connectivity index (χ4v) is 1.13. The van der Waals surface area contributed by atoms with Crippen LogP contribution in [0.15, 0.2) is 0 Å². The molecule has 0 aromatic rings. The van der Waals surface area contributed by atoms with Crippen LogP contribution in [0.2, 0.25) is 0 Å². The van der Waals surface area contributed by atoms with Gasteiger partial charge in [0.05, 0.1) is 6.61 Å². The second-order valence-electron chi connectivity index (χ2n) is 3.69. The zero-order valence-electron chi connectivity index (χ0n) is 8.21. The molecule has 0 aromatic carbocycles. The van der Waals surface area contributed by atoms with Crippen LogP contribution in [-0.2, 0) is 9.47 Å². The van der Waals surface area contributed by atoms with Crippen molar-refractivity contribution in [1.82, 2.24) is 5.32 Å². The third kappa shape index (κ3) is 4.12. The highest BCUT2D eigenvalue weighted by molar-refractivity contribution is 5.60. The van der Waals surface area contributed by atoms with Crippen molar-refractivity contribution < 1.29 is 14.3 Å². The Kier molecular flexibility index (Phi) is 4.02. The van der Waals surface area contributed by atoms with Crippen LogP contribution in [0.5, 0.6) is 0 Å². The molecule has 4 nitrogen and oxygen atoms in total. The molecule has 1 aliphatic rings. The summed E-state index contributed by atoms with van der Waals surface area (Å²) in [6, 6.07) is 0. The number of carbonyl (C=O) groups is 1. The van der Waals surface area contributed by atoms with E-state index in [2.05, 4.69) is 5.32 Å². The van der Waals surface area contributed by atoms with Gasteiger partial charge < -0.3 is 14.8 Å². The van der Waals surface area contributed by atoms with Crippen molar-refractivity contribution in [2.75, 3.05) is 19.7 Å². The maximum Gasteiger partial charge on any atom is 0.508 e. The highest BCUT2D eigenvalue weighted by atomic mass is 16.7. The minimum Gasteiger partial charge on any atom is -0.434 e. The van der Waals surface area contributed by atoms with Gasteiger partial charge in [-0.15, -0.1) is 0 Å². The second kappa shape index (κ2) is 5.07. The van der Waals surface area contributed by atoms with Gasteiger partial charge >= 0.3 is 6.16 Å². The van der Waals surface area contributed by atoms with Crippen molar-refractivity contribution in [3.8, 4) is 0 Å². The van der Waals surface area contributed by atoms with E-state index >= 15 is 0 Å².